The second kappa shape index (κ2) is 5.01. The van der Waals surface area contributed by atoms with Crippen LogP contribution in [0.3, 0.4) is 0 Å². The van der Waals surface area contributed by atoms with Gasteiger partial charge in [0.15, 0.2) is 0 Å². The fraction of sp³-hybridized carbons (Fsp3) is 0.444. The number of pyridine rings is 1. The van der Waals surface area contributed by atoms with Crippen LogP contribution in [0.2, 0.25) is 0 Å². The first-order valence-corrected chi connectivity index (χ1v) is 4.60. The minimum absolute atomic E-state index is 0.184. The van der Waals surface area contributed by atoms with Crippen molar-refractivity contribution in [1.82, 2.24) is 4.98 Å². The average Bonchev–Trinajstić information content (AvgIpc) is 2.23. The van der Waals surface area contributed by atoms with Gasteiger partial charge in [0.2, 0.25) is 0 Å². The topological polar surface area (TPSA) is 48.1 Å². The Bertz CT molecular complexity index is 389. The van der Waals surface area contributed by atoms with Gasteiger partial charge in [0.25, 0.3) is 6.10 Å². The lowest BCUT2D eigenvalue weighted by Gasteiger charge is -2.24. The summed E-state index contributed by atoms with van der Waals surface area (Å²) in [5.74, 6) is -0.639. The van der Waals surface area contributed by atoms with Gasteiger partial charge in [-0.2, -0.15) is 26.3 Å². The SMILES string of the molecule is NCc1ncccc1OC(C(F)(F)F)C(F)(F)F. The van der Waals surface area contributed by atoms with Gasteiger partial charge in [-0.25, -0.2) is 0 Å². The molecule has 1 aromatic rings. The summed E-state index contributed by atoms with van der Waals surface area (Å²) in [4.78, 5) is 3.53. The highest BCUT2D eigenvalue weighted by Gasteiger charge is 2.59. The first-order chi connectivity index (χ1) is 8.16. The van der Waals surface area contributed by atoms with Crippen LogP contribution in [-0.2, 0) is 6.54 Å². The molecule has 102 valence electrons. The molecule has 0 aliphatic carbocycles. The van der Waals surface area contributed by atoms with E-state index in [4.69, 9.17) is 5.73 Å². The molecule has 0 aliphatic heterocycles. The summed E-state index contributed by atoms with van der Waals surface area (Å²) in [5.41, 5.74) is 4.96. The number of rotatable bonds is 3. The van der Waals surface area contributed by atoms with Crippen molar-refractivity contribution in [2.24, 2.45) is 5.73 Å². The van der Waals surface area contributed by atoms with Crippen LogP contribution in [0.25, 0.3) is 0 Å². The van der Waals surface area contributed by atoms with Gasteiger partial charge in [-0.1, -0.05) is 0 Å². The number of aromatic nitrogens is 1. The Kier molecular flexibility index (Phi) is 4.05. The first kappa shape index (κ1) is 14.6. The summed E-state index contributed by atoms with van der Waals surface area (Å²) in [7, 11) is 0. The van der Waals surface area contributed by atoms with Crippen molar-refractivity contribution in [3.05, 3.63) is 24.0 Å². The van der Waals surface area contributed by atoms with Gasteiger partial charge in [0.05, 0.1) is 5.69 Å². The maximum absolute atomic E-state index is 12.2. The first-order valence-electron chi connectivity index (χ1n) is 4.60. The molecule has 1 aromatic heterocycles. The molecule has 9 heteroatoms. The van der Waals surface area contributed by atoms with Crippen LogP contribution in [-0.4, -0.2) is 23.4 Å². The second-order valence-electron chi connectivity index (χ2n) is 3.23. The van der Waals surface area contributed by atoms with Gasteiger partial charge >= 0.3 is 12.4 Å². The molecule has 2 N–H and O–H groups in total. The molecular weight excluding hydrogens is 266 g/mol. The number of alkyl halides is 6. The quantitative estimate of drug-likeness (QED) is 0.861. The zero-order valence-corrected chi connectivity index (χ0v) is 8.72. The maximum atomic E-state index is 12.2. The van der Waals surface area contributed by atoms with Crippen molar-refractivity contribution in [3.63, 3.8) is 0 Å². The molecule has 0 saturated heterocycles. The van der Waals surface area contributed by atoms with Crippen LogP contribution in [0.15, 0.2) is 18.3 Å². The van der Waals surface area contributed by atoms with Gasteiger partial charge in [-0.3, -0.25) is 4.98 Å². The minimum atomic E-state index is -5.57. The van der Waals surface area contributed by atoms with E-state index >= 15 is 0 Å². The summed E-state index contributed by atoms with van der Waals surface area (Å²) in [6.07, 6.45) is -13.9. The van der Waals surface area contributed by atoms with E-state index < -0.39 is 24.2 Å². The number of nitrogens with two attached hydrogens (primary N) is 1. The molecule has 1 heterocycles. The highest BCUT2D eigenvalue weighted by molar-refractivity contribution is 5.27. The molecule has 0 spiro atoms. The zero-order valence-electron chi connectivity index (χ0n) is 8.72. The molecule has 0 saturated carbocycles. The summed E-state index contributed by atoms with van der Waals surface area (Å²) < 4.78 is 77.4. The van der Waals surface area contributed by atoms with E-state index in [0.29, 0.717) is 0 Å². The number of ether oxygens (including phenoxy) is 1. The third-order valence-corrected chi connectivity index (χ3v) is 1.88. The molecule has 0 aromatic carbocycles. The smallest absolute Gasteiger partial charge is 0.434 e. The van der Waals surface area contributed by atoms with E-state index in [0.717, 1.165) is 12.1 Å². The molecule has 0 unspecified atom stereocenters. The van der Waals surface area contributed by atoms with Crippen LogP contribution in [0.4, 0.5) is 26.3 Å². The van der Waals surface area contributed by atoms with E-state index in [9.17, 15) is 26.3 Å². The molecule has 0 fully saturated rings. The molecule has 18 heavy (non-hydrogen) atoms. The number of hydrogen-bond acceptors (Lipinski definition) is 3. The Balaban J connectivity index is 3.05. The lowest BCUT2D eigenvalue weighted by Crippen LogP contribution is -2.46. The maximum Gasteiger partial charge on any atom is 0.434 e. The lowest BCUT2D eigenvalue weighted by molar-refractivity contribution is -0.300. The predicted molar refractivity (Wildman–Crippen MR) is 48.7 cm³/mol. The molecule has 0 aliphatic rings. The van der Waals surface area contributed by atoms with E-state index in [1.54, 1.807) is 0 Å². The third kappa shape index (κ3) is 3.49. The normalized spacial score (nSPS) is 12.9. The van der Waals surface area contributed by atoms with Crippen LogP contribution < -0.4 is 10.5 Å². The summed E-state index contributed by atoms with van der Waals surface area (Å²) in [6.45, 7) is -0.335. The molecular formula is C9H8F6N2O. The second-order valence-corrected chi connectivity index (χ2v) is 3.23. The Morgan fingerprint density at radius 3 is 2.17 bits per heavy atom. The summed E-state index contributed by atoms with van der Waals surface area (Å²) in [6, 6.07) is 2.10. The van der Waals surface area contributed by atoms with Crippen molar-refractivity contribution in [1.29, 1.82) is 0 Å². The number of hydrogen-bond donors (Lipinski definition) is 1. The third-order valence-electron chi connectivity index (χ3n) is 1.88. The largest absolute Gasteiger partial charge is 0.469 e. The van der Waals surface area contributed by atoms with Gasteiger partial charge in [-0.15, -0.1) is 0 Å². The number of halogens is 6. The van der Waals surface area contributed by atoms with Crippen molar-refractivity contribution in [3.8, 4) is 5.75 Å². The van der Waals surface area contributed by atoms with Crippen LogP contribution in [0.1, 0.15) is 5.69 Å². The van der Waals surface area contributed by atoms with E-state index in [-0.39, 0.29) is 12.2 Å². The Hall–Kier alpha value is -1.51. The molecule has 0 atom stereocenters. The molecule has 3 nitrogen and oxygen atoms in total. The van der Waals surface area contributed by atoms with Crippen LogP contribution in [0, 0.1) is 0 Å². The monoisotopic (exact) mass is 274 g/mol. The Morgan fingerprint density at radius 1 is 1.17 bits per heavy atom. The van der Waals surface area contributed by atoms with Crippen molar-refractivity contribution in [2.45, 2.75) is 25.0 Å². The van der Waals surface area contributed by atoms with Crippen LogP contribution in [0.5, 0.6) is 5.75 Å². The zero-order chi connectivity index (χ0) is 14.0. The molecule has 0 amide bonds. The fourth-order valence-electron chi connectivity index (χ4n) is 1.13. The van der Waals surface area contributed by atoms with Crippen LogP contribution >= 0.6 is 0 Å². The molecule has 0 bridgehead atoms. The van der Waals surface area contributed by atoms with Crippen molar-refractivity contribution >= 4 is 0 Å². The molecule has 0 radical (unpaired) electrons. The highest BCUT2D eigenvalue weighted by Crippen LogP contribution is 2.36. The van der Waals surface area contributed by atoms with Gasteiger partial charge in [0.1, 0.15) is 5.75 Å². The summed E-state index contributed by atoms with van der Waals surface area (Å²) in [5, 5.41) is 0. The van der Waals surface area contributed by atoms with E-state index in [2.05, 4.69) is 9.72 Å². The fourth-order valence-corrected chi connectivity index (χ4v) is 1.13. The minimum Gasteiger partial charge on any atom is -0.469 e. The Labute approximate surface area is 97.6 Å². The Morgan fingerprint density at radius 2 is 1.72 bits per heavy atom. The van der Waals surface area contributed by atoms with Gasteiger partial charge in [-0.05, 0) is 12.1 Å². The van der Waals surface area contributed by atoms with E-state index in [1.807, 2.05) is 0 Å². The number of nitrogens with zero attached hydrogens (tertiary/aromatic N) is 1. The van der Waals surface area contributed by atoms with Gasteiger partial charge in [0, 0.05) is 12.7 Å². The molecule has 1 rings (SSSR count). The van der Waals surface area contributed by atoms with Crippen molar-refractivity contribution < 1.29 is 31.1 Å². The van der Waals surface area contributed by atoms with Gasteiger partial charge < -0.3 is 10.5 Å². The van der Waals surface area contributed by atoms with Crippen molar-refractivity contribution in [2.75, 3.05) is 0 Å². The lowest BCUT2D eigenvalue weighted by atomic mass is 10.3. The average molecular weight is 274 g/mol. The summed E-state index contributed by atoms with van der Waals surface area (Å²) >= 11 is 0. The highest BCUT2D eigenvalue weighted by atomic mass is 19.4. The standard InChI is InChI=1S/C9H8F6N2O/c10-8(11,12)7(9(13,14)15)18-6-2-1-3-17-5(6)4-16/h1-3,7H,4,16H2. The van der Waals surface area contributed by atoms with E-state index in [1.165, 1.54) is 6.20 Å². The predicted octanol–water partition coefficient (Wildman–Crippen LogP) is 2.41.